The van der Waals surface area contributed by atoms with Crippen LogP contribution in [0.3, 0.4) is 0 Å². The van der Waals surface area contributed by atoms with Gasteiger partial charge in [0.1, 0.15) is 0 Å². The van der Waals surface area contributed by atoms with Gasteiger partial charge in [-0.3, -0.25) is 0 Å². The predicted octanol–water partition coefficient (Wildman–Crippen LogP) is 0.391. The van der Waals surface area contributed by atoms with Crippen LogP contribution in [-0.4, -0.2) is 34.9 Å². The first kappa shape index (κ1) is 7.41. The number of aliphatic hydroxyl groups excluding tert-OH is 1. The van der Waals surface area contributed by atoms with E-state index in [4.69, 9.17) is 0 Å². The van der Waals surface area contributed by atoms with Gasteiger partial charge in [-0.05, 0) is 6.42 Å². The molecule has 0 bridgehead atoms. The molecule has 1 rings (SSSR count). The van der Waals surface area contributed by atoms with Crippen molar-refractivity contribution in [2.45, 2.75) is 19.7 Å². The second kappa shape index (κ2) is 2.92. The molecule has 10 heavy (non-hydrogen) atoms. The molecule has 0 saturated heterocycles. The van der Waals surface area contributed by atoms with Gasteiger partial charge in [0.15, 0.2) is 0 Å². The van der Waals surface area contributed by atoms with Crippen molar-refractivity contribution in [2.75, 3.05) is 13.6 Å². The third-order valence-electron chi connectivity index (χ3n) is 1.64. The summed E-state index contributed by atoms with van der Waals surface area (Å²) >= 11 is 0. The normalized spacial score (nSPS) is 24.5. The van der Waals surface area contributed by atoms with E-state index in [1.807, 2.05) is 24.3 Å². The molecule has 0 radical (unpaired) electrons. The third kappa shape index (κ3) is 1.24. The first-order valence-corrected chi connectivity index (χ1v) is 3.59. The maximum Gasteiger partial charge on any atom is 0.206 e. The van der Waals surface area contributed by atoms with Gasteiger partial charge in [-0.25, -0.2) is 0 Å². The Morgan fingerprint density at radius 1 is 1.50 bits per heavy atom. The highest BCUT2D eigenvalue weighted by molar-refractivity contribution is 4.90. The van der Waals surface area contributed by atoms with E-state index in [-0.39, 0.29) is 0 Å². The highest BCUT2D eigenvalue weighted by Gasteiger charge is 2.18. The van der Waals surface area contributed by atoms with Crippen LogP contribution in [0.5, 0.6) is 0 Å². The highest BCUT2D eigenvalue weighted by Crippen LogP contribution is 2.10. The Bertz CT molecular complexity index is 136. The van der Waals surface area contributed by atoms with E-state index in [2.05, 4.69) is 6.92 Å². The molecule has 0 aliphatic carbocycles. The zero-order chi connectivity index (χ0) is 7.56. The van der Waals surface area contributed by atoms with Gasteiger partial charge in [-0.15, -0.1) is 0 Å². The van der Waals surface area contributed by atoms with Crippen LogP contribution in [0.1, 0.15) is 13.3 Å². The molecule has 0 amide bonds. The first-order chi connectivity index (χ1) is 4.75. The van der Waals surface area contributed by atoms with Crippen LogP contribution in [-0.2, 0) is 0 Å². The summed E-state index contributed by atoms with van der Waals surface area (Å²) in [5.41, 5.74) is 0. The van der Waals surface area contributed by atoms with Crippen molar-refractivity contribution in [2.24, 2.45) is 0 Å². The second-order valence-corrected chi connectivity index (χ2v) is 2.55. The van der Waals surface area contributed by atoms with Gasteiger partial charge in [0.05, 0.1) is 0 Å². The predicted molar refractivity (Wildman–Crippen MR) is 39.9 cm³/mol. The summed E-state index contributed by atoms with van der Waals surface area (Å²) in [5.74, 6) is 0. The maximum atomic E-state index is 9.38. The number of rotatable bonds is 2. The fourth-order valence-corrected chi connectivity index (χ4v) is 1.03. The number of hydrogen-bond acceptors (Lipinski definition) is 3. The minimum atomic E-state index is -0.444. The lowest BCUT2D eigenvalue weighted by molar-refractivity contribution is -0.0358. The van der Waals surface area contributed by atoms with E-state index in [1.165, 1.54) is 0 Å². The average molecular weight is 142 g/mol. The molecule has 1 atom stereocenters. The van der Waals surface area contributed by atoms with E-state index < -0.39 is 6.35 Å². The quantitative estimate of drug-likeness (QED) is 0.604. The molecule has 1 aliphatic rings. The molecule has 0 fully saturated rings. The van der Waals surface area contributed by atoms with Gasteiger partial charge in [0.2, 0.25) is 6.35 Å². The Balaban J connectivity index is 2.41. The fourth-order valence-electron chi connectivity index (χ4n) is 1.03. The standard InChI is InChI=1S/C7H14N2O/c1-3-4-9-6-5-8(2)7(9)10/h5-7,10H,3-4H2,1-2H3. The number of nitrogens with zero attached hydrogens (tertiary/aromatic N) is 2. The largest absolute Gasteiger partial charge is 0.356 e. The number of hydrogen-bond donors (Lipinski definition) is 1. The zero-order valence-electron chi connectivity index (χ0n) is 6.49. The van der Waals surface area contributed by atoms with Gasteiger partial charge in [0, 0.05) is 26.0 Å². The highest BCUT2D eigenvalue weighted by atomic mass is 16.3. The summed E-state index contributed by atoms with van der Waals surface area (Å²) in [6.07, 6.45) is 4.41. The topological polar surface area (TPSA) is 26.7 Å². The smallest absolute Gasteiger partial charge is 0.206 e. The lowest BCUT2D eigenvalue weighted by atomic mass is 10.4. The summed E-state index contributed by atoms with van der Waals surface area (Å²) < 4.78 is 0. The molecular weight excluding hydrogens is 128 g/mol. The van der Waals surface area contributed by atoms with Crippen molar-refractivity contribution < 1.29 is 5.11 Å². The molecule has 1 heterocycles. The van der Waals surface area contributed by atoms with Gasteiger partial charge in [0.25, 0.3) is 0 Å². The summed E-state index contributed by atoms with van der Waals surface area (Å²) in [5, 5.41) is 9.38. The lowest BCUT2D eigenvalue weighted by Crippen LogP contribution is -2.36. The van der Waals surface area contributed by atoms with E-state index in [0.717, 1.165) is 13.0 Å². The Morgan fingerprint density at radius 2 is 2.20 bits per heavy atom. The van der Waals surface area contributed by atoms with Crippen LogP contribution in [0.25, 0.3) is 0 Å². The molecule has 0 spiro atoms. The van der Waals surface area contributed by atoms with Crippen molar-refractivity contribution in [3.63, 3.8) is 0 Å². The lowest BCUT2D eigenvalue weighted by Gasteiger charge is -2.24. The monoisotopic (exact) mass is 142 g/mol. The first-order valence-electron chi connectivity index (χ1n) is 3.59. The van der Waals surface area contributed by atoms with Gasteiger partial charge < -0.3 is 14.9 Å². The van der Waals surface area contributed by atoms with E-state index in [9.17, 15) is 5.11 Å². The second-order valence-electron chi connectivity index (χ2n) is 2.55. The van der Waals surface area contributed by atoms with Crippen molar-refractivity contribution in [3.05, 3.63) is 12.4 Å². The van der Waals surface area contributed by atoms with Crippen LogP contribution >= 0.6 is 0 Å². The molecule has 3 nitrogen and oxygen atoms in total. The molecule has 0 saturated carbocycles. The molecule has 1 unspecified atom stereocenters. The van der Waals surface area contributed by atoms with Crippen molar-refractivity contribution in [3.8, 4) is 0 Å². The fraction of sp³-hybridized carbons (Fsp3) is 0.714. The van der Waals surface area contributed by atoms with E-state index in [1.54, 1.807) is 4.90 Å². The molecule has 0 aromatic rings. The summed E-state index contributed by atoms with van der Waals surface area (Å²) in [6, 6.07) is 0. The molecule has 3 heteroatoms. The Hall–Kier alpha value is -0.700. The third-order valence-corrected chi connectivity index (χ3v) is 1.64. The van der Waals surface area contributed by atoms with Crippen LogP contribution in [0.4, 0.5) is 0 Å². The van der Waals surface area contributed by atoms with Crippen LogP contribution in [0.15, 0.2) is 12.4 Å². The summed E-state index contributed by atoms with van der Waals surface area (Å²) in [4.78, 5) is 3.68. The Kier molecular flexibility index (Phi) is 2.17. The van der Waals surface area contributed by atoms with E-state index in [0.29, 0.717) is 0 Å². The SMILES string of the molecule is CCCN1C=CN(C)C1O. The minimum Gasteiger partial charge on any atom is -0.356 e. The molecule has 1 aliphatic heterocycles. The minimum absolute atomic E-state index is 0.444. The molecule has 0 aromatic carbocycles. The molecular formula is C7H14N2O. The summed E-state index contributed by atoms with van der Waals surface area (Å²) in [6.45, 7) is 3.01. The molecule has 1 N–H and O–H groups in total. The van der Waals surface area contributed by atoms with Gasteiger partial charge in [-0.2, -0.15) is 0 Å². The van der Waals surface area contributed by atoms with E-state index >= 15 is 0 Å². The molecule has 58 valence electrons. The van der Waals surface area contributed by atoms with Crippen LogP contribution < -0.4 is 0 Å². The average Bonchev–Trinajstić information content (AvgIpc) is 2.20. The van der Waals surface area contributed by atoms with Crippen molar-refractivity contribution in [1.82, 2.24) is 9.80 Å². The molecule has 0 aromatic heterocycles. The van der Waals surface area contributed by atoms with Crippen molar-refractivity contribution >= 4 is 0 Å². The maximum absolute atomic E-state index is 9.38. The zero-order valence-corrected chi connectivity index (χ0v) is 6.49. The van der Waals surface area contributed by atoms with Gasteiger partial charge in [-0.1, -0.05) is 6.92 Å². The van der Waals surface area contributed by atoms with Crippen LogP contribution in [0.2, 0.25) is 0 Å². The Morgan fingerprint density at radius 3 is 2.60 bits per heavy atom. The summed E-state index contributed by atoms with van der Waals surface area (Å²) in [7, 11) is 1.86. The van der Waals surface area contributed by atoms with Crippen molar-refractivity contribution in [1.29, 1.82) is 0 Å². The van der Waals surface area contributed by atoms with Gasteiger partial charge >= 0.3 is 0 Å². The Labute approximate surface area is 61.5 Å². The number of aliphatic hydroxyl groups is 1. The van der Waals surface area contributed by atoms with Crippen LogP contribution in [0, 0.1) is 0 Å².